The predicted octanol–water partition coefficient (Wildman–Crippen LogP) is 3.96. The average molecular weight is 646 g/mol. The van der Waals surface area contributed by atoms with Crippen LogP contribution in [-0.2, 0) is 34.3 Å². The zero-order valence-electron chi connectivity index (χ0n) is 26.1. The van der Waals surface area contributed by atoms with Crippen LogP contribution in [0.5, 0.6) is 0 Å². The molecule has 5 rings (SSSR count). The van der Waals surface area contributed by atoms with Gasteiger partial charge in [-0.15, -0.1) is 5.10 Å². The number of hydrogen-bond acceptors (Lipinski definition) is 9. The summed E-state index contributed by atoms with van der Waals surface area (Å²) < 4.78 is 50.7. The van der Waals surface area contributed by atoms with Crippen molar-refractivity contribution in [2.45, 2.75) is 63.3 Å². The van der Waals surface area contributed by atoms with Gasteiger partial charge in [0.2, 0.25) is 11.9 Å². The van der Waals surface area contributed by atoms with Crippen molar-refractivity contribution in [3.63, 3.8) is 0 Å². The highest BCUT2D eigenvalue weighted by Gasteiger charge is 2.36. The van der Waals surface area contributed by atoms with Gasteiger partial charge in [0.15, 0.2) is 0 Å². The molecule has 2 N–H and O–H groups in total. The van der Waals surface area contributed by atoms with Crippen LogP contribution in [0.25, 0.3) is 11.1 Å². The van der Waals surface area contributed by atoms with Crippen LogP contribution in [0.4, 0.5) is 16.0 Å². The highest BCUT2D eigenvalue weighted by Crippen LogP contribution is 2.39. The van der Waals surface area contributed by atoms with Crippen molar-refractivity contribution in [2.75, 3.05) is 51.8 Å². The average Bonchev–Trinajstić information content (AvgIpc) is 3.71. The van der Waals surface area contributed by atoms with Crippen LogP contribution in [0.15, 0.2) is 35.6 Å². The van der Waals surface area contributed by atoms with Gasteiger partial charge in [-0.25, -0.2) is 18.1 Å². The Labute approximate surface area is 260 Å². The van der Waals surface area contributed by atoms with E-state index < -0.39 is 24.0 Å². The van der Waals surface area contributed by atoms with Gasteiger partial charge < -0.3 is 20.1 Å². The van der Waals surface area contributed by atoms with Crippen molar-refractivity contribution in [3.05, 3.63) is 47.5 Å². The van der Waals surface area contributed by atoms with Crippen LogP contribution in [0, 0.1) is 11.9 Å². The van der Waals surface area contributed by atoms with Crippen molar-refractivity contribution in [1.29, 1.82) is 0 Å². The molecule has 0 amide bonds. The second kappa shape index (κ2) is 13.7. The molecule has 3 aromatic rings. The van der Waals surface area contributed by atoms with Crippen LogP contribution in [0.1, 0.15) is 24.0 Å². The van der Waals surface area contributed by atoms with E-state index in [0.29, 0.717) is 38.3 Å². The van der Waals surface area contributed by atoms with Gasteiger partial charge in [0.25, 0.3) is 15.2 Å². The molecular weight excluding hydrogens is 602 g/mol. The number of hydrogen-bond donors (Lipinski definition) is 2. The van der Waals surface area contributed by atoms with Gasteiger partial charge in [-0.2, -0.15) is 13.7 Å². The highest BCUT2D eigenvalue weighted by atomic mass is 32.2. The third-order valence-electron chi connectivity index (χ3n) is 8.29. The van der Waals surface area contributed by atoms with E-state index in [-0.39, 0.29) is 30.4 Å². The van der Waals surface area contributed by atoms with E-state index in [2.05, 4.69) is 46.1 Å². The van der Waals surface area contributed by atoms with Gasteiger partial charge in [0, 0.05) is 58.7 Å². The van der Waals surface area contributed by atoms with Crippen molar-refractivity contribution < 1.29 is 22.7 Å². The monoisotopic (exact) mass is 645 g/mol. The number of likely N-dealkylation sites (N-methyl/N-ethyl adjacent to an activating group) is 1. The third kappa shape index (κ3) is 7.72. The molecule has 240 valence electrons. The van der Waals surface area contributed by atoms with Crippen molar-refractivity contribution in [3.8, 4) is 11.1 Å². The molecule has 0 radical (unpaired) electrons. The molecule has 0 spiro atoms. The molecule has 1 aliphatic carbocycles. The molecule has 0 bridgehead atoms. The van der Waals surface area contributed by atoms with E-state index in [1.54, 1.807) is 6.07 Å². The summed E-state index contributed by atoms with van der Waals surface area (Å²) in [5.41, 5.74) is 4.51. The molecule has 1 atom stereocenters. The number of fused-ring (bicyclic) bond motifs is 1. The van der Waals surface area contributed by atoms with Gasteiger partial charge in [-0.3, -0.25) is 0 Å². The molecule has 1 aromatic carbocycles. The lowest BCUT2D eigenvalue weighted by Gasteiger charge is -2.20. The number of nitrogens with zero attached hydrogens (tertiary/aromatic N) is 6. The molecule has 2 aliphatic rings. The predicted molar refractivity (Wildman–Crippen MR) is 171 cm³/mol. The van der Waals surface area contributed by atoms with Crippen LogP contribution in [0.3, 0.4) is 0 Å². The number of aromatic nitrogens is 4. The lowest BCUT2D eigenvalue weighted by molar-refractivity contribution is 0.0791. The smallest absolute Gasteiger partial charge is 0.284 e. The maximum Gasteiger partial charge on any atom is 0.284 e. The maximum absolute atomic E-state index is 14.2. The number of pyridine rings is 1. The molecule has 0 unspecified atom stereocenters. The molecular formula is C30H44FN7O4SSi. The Balaban J connectivity index is 1.46. The summed E-state index contributed by atoms with van der Waals surface area (Å²) in [6.45, 7) is 9.44. The van der Waals surface area contributed by atoms with Crippen molar-refractivity contribution in [1.82, 2.24) is 29.0 Å². The van der Waals surface area contributed by atoms with Crippen molar-refractivity contribution >= 4 is 29.7 Å². The molecule has 1 saturated heterocycles. The Morgan fingerprint density at radius 1 is 1.23 bits per heavy atom. The van der Waals surface area contributed by atoms with E-state index in [9.17, 15) is 17.9 Å². The number of halogens is 1. The van der Waals surface area contributed by atoms with E-state index >= 15 is 0 Å². The highest BCUT2D eigenvalue weighted by molar-refractivity contribution is 7.89. The first kappa shape index (κ1) is 32.6. The van der Waals surface area contributed by atoms with E-state index in [4.69, 9.17) is 4.74 Å². The molecule has 3 heterocycles. The first-order chi connectivity index (χ1) is 20.9. The van der Waals surface area contributed by atoms with Gasteiger partial charge in [-0.05, 0) is 67.4 Å². The number of rotatable bonds is 14. The second-order valence-electron chi connectivity index (χ2n) is 13.0. The number of sulfonamides is 1. The summed E-state index contributed by atoms with van der Waals surface area (Å²) >= 11 is 0. The summed E-state index contributed by atoms with van der Waals surface area (Å²) in [5.74, 6) is -0.167. The minimum Gasteiger partial charge on any atom is -0.395 e. The normalized spacial score (nSPS) is 17.5. The first-order valence-electron chi connectivity index (χ1n) is 15.3. The Hall–Kier alpha value is -2.75. The van der Waals surface area contributed by atoms with Gasteiger partial charge in [-0.1, -0.05) is 31.8 Å². The minimum atomic E-state index is -3.97. The zero-order valence-corrected chi connectivity index (χ0v) is 27.9. The number of aliphatic hydroxyl groups is 1. The molecule has 14 heteroatoms. The number of aryl methyl sites for hydroxylation is 1. The fourth-order valence-corrected chi connectivity index (χ4v) is 8.00. The lowest BCUT2D eigenvalue weighted by atomic mass is 9.98. The Bertz CT molecular complexity index is 1560. The van der Waals surface area contributed by atoms with Crippen LogP contribution in [-0.4, -0.2) is 97.0 Å². The van der Waals surface area contributed by atoms with E-state index in [1.165, 1.54) is 26.8 Å². The third-order valence-corrected chi connectivity index (χ3v) is 11.6. The summed E-state index contributed by atoms with van der Waals surface area (Å²) in [7, 11) is -3.39. The van der Waals surface area contributed by atoms with E-state index in [0.717, 1.165) is 48.5 Å². The molecule has 1 aliphatic heterocycles. The lowest BCUT2D eigenvalue weighted by Crippen LogP contribution is -2.33. The summed E-state index contributed by atoms with van der Waals surface area (Å²) in [4.78, 5) is 10.3. The standard InChI is InChI=1S/C30H44FN7O4SSi/c1-36(14-15-39)19-22-11-13-37(20-22)43(40,41)30-34-29(38(35-30)21-42-16-17-44(2,3)4)33-28-25-7-5-6-23(25)8-9-26(28)24-10-12-32-27(31)18-24/h8-10,12,18,22,39H,5-7,11,13-17,19-21H2,1-4H3,(H,33,34,35)/t22-/m0/s1. The quantitative estimate of drug-likeness (QED) is 0.152. The summed E-state index contributed by atoms with van der Waals surface area (Å²) in [6, 6.07) is 8.14. The van der Waals surface area contributed by atoms with Gasteiger partial charge in [0.05, 0.1) is 12.3 Å². The van der Waals surface area contributed by atoms with Crippen LogP contribution < -0.4 is 5.32 Å². The molecule has 11 nitrogen and oxygen atoms in total. The second-order valence-corrected chi connectivity index (χ2v) is 20.5. The first-order valence-corrected chi connectivity index (χ1v) is 20.4. The number of nitrogens with one attached hydrogen (secondary N) is 1. The van der Waals surface area contributed by atoms with Crippen LogP contribution >= 0.6 is 0 Å². The molecule has 1 fully saturated rings. The summed E-state index contributed by atoms with van der Waals surface area (Å²) in [5, 5.41) is 16.8. The summed E-state index contributed by atoms with van der Waals surface area (Å²) in [6.07, 6.45) is 4.93. The topological polar surface area (TPSA) is 126 Å². The number of ether oxygens (including phenoxy) is 1. The molecule has 44 heavy (non-hydrogen) atoms. The van der Waals surface area contributed by atoms with Crippen LogP contribution in [0.2, 0.25) is 25.7 Å². The largest absolute Gasteiger partial charge is 0.395 e. The zero-order chi connectivity index (χ0) is 31.5. The Morgan fingerprint density at radius 2 is 2.05 bits per heavy atom. The molecule has 2 aromatic heterocycles. The number of benzene rings is 1. The van der Waals surface area contributed by atoms with Gasteiger partial charge >= 0.3 is 0 Å². The fraction of sp³-hybridized carbons (Fsp3) is 0.567. The van der Waals surface area contributed by atoms with Gasteiger partial charge in [0.1, 0.15) is 6.73 Å². The number of aliphatic hydroxyl groups excluding tert-OH is 1. The van der Waals surface area contributed by atoms with E-state index in [1.807, 2.05) is 18.0 Å². The Morgan fingerprint density at radius 3 is 2.80 bits per heavy atom. The Kier molecular flexibility index (Phi) is 10.2. The molecule has 0 saturated carbocycles. The van der Waals surface area contributed by atoms with Crippen molar-refractivity contribution in [2.24, 2.45) is 5.92 Å². The fourth-order valence-electron chi connectivity index (χ4n) is 5.86. The minimum absolute atomic E-state index is 0.0398. The number of anilines is 2. The maximum atomic E-state index is 14.2. The SMILES string of the molecule is CN(CCO)C[C@@H]1CCN(S(=O)(=O)c2nc(Nc3c(-c4ccnc(F)c4)ccc4c3CCC4)n(COCC[Si](C)(C)C)n2)C1.